The summed E-state index contributed by atoms with van der Waals surface area (Å²) in [5.74, 6) is -1.79. The second-order valence-electron chi connectivity index (χ2n) is 14.1. The van der Waals surface area contributed by atoms with E-state index < -0.39 is 23.2 Å². The van der Waals surface area contributed by atoms with Gasteiger partial charge in [0.2, 0.25) is 5.92 Å². The van der Waals surface area contributed by atoms with Crippen molar-refractivity contribution in [3.63, 3.8) is 0 Å². The standard InChI is InChI=1S/C21H39NO3.C11H21F2N3O2/c1-5-6-7-8-9-10-11-19(20(24)25-21(2,3)4)22-16-17-12-14-18(23)15-13-17;1-10(2,3)18-9(17)15-16-14-8-4-6-11(12,13)7-5-8/h17,19,22H,5-16H2,1-4H3;8,14,16H,4-7H2,1-3H3,(H,15,17). The Hall–Kier alpha value is -1.85. The Kier molecular flexibility index (Phi) is 17.8. The molecular weight excluding hydrogens is 558 g/mol. The number of rotatable bonds is 14. The first kappa shape index (κ1) is 39.2. The van der Waals surface area contributed by atoms with Gasteiger partial charge in [0.1, 0.15) is 23.0 Å². The van der Waals surface area contributed by atoms with Crippen LogP contribution in [-0.2, 0) is 19.1 Å². The van der Waals surface area contributed by atoms with E-state index in [1.165, 1.54) is 32.1 Å². The molecule has 4 N–H and O–H groups in total. The van der Waals surface area contributed by atoms with Crippen molar-refractivity contribution < 1.29 is 32.6 Å². The summed E-state index contributed by atoms with van der Waals surface area (Å²) in [6, 6.07) is -0.289. The van der Waals surface area contributed by atoms with Crippen LogP contribution in [0.5, 0.6) is 0 Å². The van der Waals surface area contributed by atoms with Gasteiger partial charge < -0.3 is 14.8 Å². The minimum Gasteiger partial charge on any atom is -0.459 e. The van der Waals surface area contributed by atoms with E-state index >= 15 is 0 Å². The van der Waals surface area contributed by atoms with Gasteiger partial charge in [-0.15, -0.1) is 0 Å². The summed E-state index contributed by atoms with van der Waals surface area (Å²) >= 11 is 0. The van der Waals surface area contributed by atoms with Crippen LogP contribution in [0.3, 0.4) is 0 Å². The zero-order valence-corrected chi connectivity index (χ0v) is 27.8. The molecule has 0 spiro atoms. The van der Waals surface area contributed by atoms with Crippen molar-refractivity contribution in [2.24, 2.45) is 5.92 Å². The lowest BCUT2D eigenvalue weighted by atomic mass is 9.88. The highest BCUT2D eigenvalue weighted by Crippen LogP contribution is 2.32. The fourth-order valence-electron chi connectivity index (χ4n) is 4.99. The van der Waals surface area contributed by atoms with Gasteiger partial charge in [0.15, 0.2) is 0 Å². The maximum atomic E-state index is 12.9. The number of Topliss-reactive ketones (excluding diaryl/α,β-unsaturated/α-hetero) is 1. The largest absolute Gasteiger partial charge is 0.459 e. The molecule has 0 bridgehead atoms. The molecule has 9 nitrogen and oxygen atoms in total. The van der Waals surface area contributed by atoms with Gasteiger partial charge in [-0.1, -0.05) is 45.4 Å². The van der Waals surface area contributed by atoms with Gasteiger partial charge in [0, 0.05) is 31.7 Å². The molecule has 252 valence electrons. The van der Waals surface area contributed by atoms with Gasteiger partial charge >= 0.3 is 12.1 Å². The number of hydrazine groups is 2. The third-order valence-corrected chi connectivity index (χ3v) is 7.41. The number of halogens is 2. The zero-order chi connectivity index (χ0) is 32.5. The lowest BCUT2D eigenvalue weighted by molar-refractivity contribution is -0.157. The van der Waals surface area contributed by atoms with Gasteiger partial charge in [-0.25, -0.2) is 24.4 Å². The number of unbranched alkanes of at least 4 members (excludes halogenated alkanes) is 5. The van der Waals surface area contributed by atoms with E-state index in [0.717, 1.165) is 32.2 Å². The van der Waals surface area contributed by atoms with Crippen LogP contribution >= 0.6 is 0 Å². The molecule has 0 heterocycles. The molecule has 11 heteroatoms. The zero-order valence-electron chi connectivity index (χ0n) is 27.8. The topological polar surface area (TPSA) is 118 Å². The number of ether oxygens (including phenoxy) is 2. The molecule has 1 amide bonds. The molecule has 2 saturated carbocycles. The Bertz CT molecular complexity index is 810. The van der Waals surface area contributed by atoms with Gasteiger partial charge in [-0.2, -0.15) is 5.53 Å². The second kappa shape index (κ2) is 19.5. The molecule has 2 rings (SSSR count). The molecule has 1 atom stereocenters. The Labute approximate surface area is 258 Å². The quantitative estimate of drug-likeness (QED) is 0.0944. The van der Waals surface area contributed by atoms with Crippen molar-refractivity contribution in [3.8, 4) is 0 Å². The molecule has 0 saturated heterocycles. The minimum absolute atomic E-state index is 0.0699. The van der Waals surface area contributed by atoms with Crippen LogP contribution in [0.4, 0.5) is 13.6 Å². The third kappa shape index (κ3) is 20.7. The highest BCUT2D eigenvalue weighted by atomic mass is 19.3. The number of carbonyl (C=O) groups is 3. The maximum Gasteiger partial charge on any atom is 0.423 e. The summed E-state index contributed by atoms with van der Waals surface area (Å²) in [6.07, 6.45) is 11.3. The van der Waals surface area contributed by atoms with E-state index in [1.54, 1.807) is 20.8 Å². The number of nitrogens with one attached hydrogen (secondary N) is 4. The predicted octanol–water partition coefficient (Wildman–Crippen LogP) is 6.89. The minimum atomic E-state index is -2.54. The van der Waals surface area contributed by atoms with Crippen LogP contribution in [0.2, 0.25) is 0 Å². The predicted molar refractivity (Wildman–Crippen MR) is 165 cm³/mol. The van der Waals surface area contributed by atoms with Crippen LogP contribution < -0.4 is 21.7 Å². The average molecular weight is 619 g/mol. The molecule has 2 aliphatic carbocycles. The molecular formula is C32H60F2N4O5. The summed E-state index contributed by atoms with van der Waals surface area (Å²) in [7, 11) is 0. The van der Waals surface area contributed by atoms with E-state index in [0.29, 0.717) is 37.4 Å². The summed E-state index contributed by atoms with van der Waals surface area (Å²) < 4.78 is 36.3. The van der Waals surface area contributed by atoms with Gasteiger partial charge in [0.05, 0.1) is 0 Å². The lowest BCUT2D eigenvalue weighted by Gasteiger charge is -2.29. The number of alkyl halides is 2. The van der Waals surface area contributed by atoms with E-state index in [9.17, 15) is 23.2 Å². The summed E-state index contributed by atoms with van der Waals surface area (Å²) in [5.41, 5.74) is 6.54. The first-order valence-electron chi connectivity index (χ1n) is 16.3. The first-order chi connectivity index (χ1) is 20.0. The molecule has 0 aliphatic heterocycles. The van der Waals surface area contributed by atoms with Crippen molar-refractivity contribution in [2.45, 2.75) is 174 Å². The van der Waals surface area contributed by atoms with Crippen molar-refractivity contribution >= 4 is 17.8 Å². The normalized spacial score (nSPS) is 18.8. The first-order valence-corrected chi connectivity index (χ1v) is 16.3. The number of hydrogen-bond acceptors (Lipinski definition) is 8. The van der Waals surface area contributed by atoms with Gasteiger partial charge in [-0.05, 0) is 86.1 Å². The molecule has 0 aromatic heterocycles. The summed E-state index contributed by atoms with van der Waals surface area (Å²) in [6.45, 7) is 14.0. The second-order valence-corrected chi connectivity index (χ2v) is 14.1. The fourth-order valence-corrected chi connectivity index (χ4v) is 4.99. The van der Waals surface area contributed by atoms with Crippen molar-refractivity contribution in [1.82, 2.24) is 21.7 Å². The van der Waals surface area contributed by atoms with E-state index in [2.05, 4.69) is 28.6 Å². The summed E-state index contributed by atoms with van der Waals surface area (Å²) in [5, 5.41) is 3.44. The van der Waals surface area contributed by atoms with Crippen LogP contribution in [0.25, 0.3) is 0 Å². The van der Waals surface area contributed by atoms with Crippen molar-refractivity contribution in [3.05, 3.63) is 0 Å². The van der Waals surface area contributed by atoms with Crippen molar-refractivity contribution in [2.75, 3.05) is 6.54 Å². The van der Waals surface area contributed by atoms with E-state index in [-0.39, 0.29) is 30.9 Å². The number of ketones is 1. The fraction of sp³-hybridized carbons (Fsp3) is 0.906. The number of amides is 1. The van der Waals surface area contributed by atoms with E-state index in [1.807, 2.05) is 20.8 Å². The Balaban J connectivity index is 0.000000453. The monoisotopic (exact) mass is 618 g/mol. The van der Waals surface area contributed by atoms with Gasteiger partial charge in [0.25, 0.3) is 0 Å². The Morgan fingerprint density at radius 3 is 2.00 bits per heavy atom. The Morgan fingerprint density at radius 2 is 1.44 bits per heavy atom. The van der Waals surface area contributed by atoms with E-state index in [4.69, 9.17) is 9.47 Å². The van der Waals surface area contributed by atoms with Crippen LogP contribution in [0.1, 0.15) is 145 Å². The van der Waals surface area contributed by atoms with Crippen molar-refractivity contribution in [1.29, 1.82) is 0 Å². The smallest absolute Gasteiger partial charge is 0.423 e. The molecule has 2 aliphatic rings. The highest BCUT2D eigenvalue weighted by Gasteiger charge is 2.34. The molecule has 43 heavy (non-hydrogen) atoms. The number of carbonyl (C=O) groups excluding carboxylic acids is 3. The molecule has 2 fully saturated rings. The average Bonchev–Trinajstić information content (AvgIpc) is 2.88. The highest BCUT2D eigenvalue weighted by molar-refractivity contribution is 5.79. The molecule has 0 aromatic carbocycles. The third-order valence-electron chi connectivity index (χ3n) is 7.41. The number of hydrogen-bond donors (Lipinski definition) is 4. The lowest BCUT2D eigenvalue weighted by Crippen LogP contribution is -2.53. The SMILES string of the molecule is CC(C)(C)OC(=O)NNNC1CCC(F)(F)CC1.CCCCCCCCC(NCC1CCC(=O)CC1)C(=O)OC(C)(C)C. The van der Waals surface area contributed by atoms with Crippen LogP contribution in [0, 0.1) is 5.92 Å². The number of esters is 1. The van der Waals surface area contributed by atoms with Crippen LogP contribution in [-0.4, -0.2) is 53.6 Å². The maximum absolute atomic E-state index is 12.9. The molecule has 0 aromatic rings. The Morgan fingerprint density at radius 1 is 0.884 bits per heavy atom. The summed E-state index contributed by atoms with van der Waals surface area (Å²) in [4.78, 5) is 35.1. The molecule has 0 radical (unpaired) electrons. The van der Waals surface area contributed by atoms with Gasteiger partial charge in [-0.3, -0.25) is 9.59 Å². The molecule has 1 unspecified atom stereocenters. The van der Waals surface area contributed by atoms with Crippen LogP contribution in [0.15, 0.2) is 0 Å².